The summed E-state index contributed by atoms with van der Waals surface area (Å²) < 4.78 is 4.73. The summed E-state index contributed by atoms with van der Waals surface area (Å²) >= 11 is 1.49. The molecule has 1 atom stereocenters. The Labute approximate surface area is 155 Å². The van der Waals surface area contributed by atoms with Gasteiger partial charge in [-0.05, 0) is 23.6 Å². The van der Waals surface area contributed by atoms with E-state index >= 15 is 0 Å². The van der Waals surface area contributed by atoms with Gasteiger partial charge in [0.2, 0.25) is 5.91 Å². The molecule has 2 heterocycles. The number of ether oxygens (including phenoxy) is 1. The number of nitrogens with zero attached hydrogens (tertiary/aromatic N) is 1. The van der Waals surface area contributed by atoms with Gasteiger partial charge in [0.05, 0.1) is 25.1 Å². The summed E-state index contributed by atoms with van der Waals surface area (Å²) in [4.78, 5) is 29.3. The second kappa shape index (κ2) is 8.40. The number of esters is 1. The summed E-state index contributed by atoms with van der Waals surface area (Å²) in [5.74, 6) is -0.647. The van der Waals surface area contributed by atoms with Crippen LogP contribution in [0.25, 0.3) is 17.0 Å². The molecule has 0 spiro atoms. The molecule has 5 nitrogen and oxygen atoms in total. The maximum atomic E-state index is 12.4. The number of hydrogen-bond donors (Lipinski definition) is 1. The standard InChI is InChI=1S/C20H18N2O3S/c1-25-19(24)13-16(17-8-4-12-26-17)22-18(23)10-9-15-6-2-5-14-7-3-11-21-20(14)15/h2-12,16H,13H2,1H3,(H,22,23)/b10-9+. The summed E-state index contributed by atoms with van der Waals surface area (Å²) in [5.41, 5.74) is 1.70. The van der Waals surface area contributed by atoms with Crippen molar-refractivity contribution < 1.29 is 14.3 Å². The largest absolute Gasteiger partial charge is 0.469 e. The van der Waals surface area contributed by atoms with E-state index in [9.17, 15) is 9.59 Å². The summed E-state index contributed by atoms with van der Waals surface area (Å²) in [7, 11) is 1.34. The van der Waals surface area contributed by atoms with Crippen LogP contribution in [-0.4, -0.2) is 24.0 Å². The van der Waals surface area contributed by atoms with Gasteiger partial charge in [0.15, 0.2) is 0 Å². The molecule has 3 rings (SSSR count). The Morgan fingerprint density at radius 3 is 2.85 bits per heavy atom. The third-order valence-corrected chi connectivity index (χ3v) is 4.87. The molecule has 0 aliphatic heterocycles. The third kappa shape index (κ3) is 4.34. The number of rotatable bonds is 6. The summed E-state index contributed by atoms with van der Waals surface area (Å²) in [6.07, 6.45) is 5.00. The Kier molecular flexibility index (Phi) is 5.76. The van der Waals surface area contributed by atoms with Crippen LogP contribution in [0.4, 0.5) is 0 Å². The van der Waals surface area contributed by atoms with Gasteiger partial charge in [-0.1, -0.05) is 30.3 Å². The number of thiophene rings is 1. The number of hydrogen-bond acceptors (Lipinski definition) is 5. The molecular formula is C20H18N2O3S. The van der Waals surface area contributed by atoms with Gasteiger partial charge < -0.3 is 10.1 Å². The van der Waals surface area contributed by atoms with Gasteiger partial charge in [-0.15, -0.1) is 11.3 Å². The molecule has 2 aromatic heterocycles. The molecule has 0 aliphatic rings. The highest BCUT2D eigenvalue weighted by Gasteiger charge is 2.18. The molecule has 132 valence electrons. The number of methoxy groups -OCH3 is 1. The number of aromatic nitrogens is 1. The minimum absolute atomic E-state index is 0.0897. The molecule has 0 aliphatic carbocycles. The maximum Gasteiger partial charge on any atom is 0.307 e. The Morgan fingerprint density at radius 2 is 2.08 bits per heavy atom. The number of carbonyl (C=O) groups excluding carboxylic acids is 2. The van der Waals surface area contributed by atoms with Crippen molar-refractivity contribution in [2.75, 3.05) is 7.11 Å². The molecule has 1 unspecified atom stereocenters. The lowest BCUT2D eigenvalue weighted by atomic mass is 10.1. The molecule has 26 heavy (non-hydrogen) atoms. The quantitative estimate of drug-likeness (QED) is 0.533. The van der Waals surface area contributed by atoms with Crippen molar-refractivity contribution in [2.24, 2.45) is 0 Å². The van der Waals surface area contributed by atoms with E-state index in [-0.39, 0.29) is 18.3 Å². The lowest BCUT2D eigenvalue weighted by Gasteiger charge is -2.15. The van der Waals surface area contributed by atoms with E-state index in [0.717, 1.165) is 21.3 Å². The first-order valence-electron chi connectivity index (χ1n) is 8.10. The minimum atomic E-state index is -0.412. The Morgan fingerprint density at radius 1 is 1.23 bits per heavy atom. The highest BCUT2D eigenvalue weighted by Crippen LogP contribution is 2.23. The van der Waals surface area contributed by atoms with Crippen molar-refractivity contribution >= 4 is 40.2 Å². The number of amides is 1. The van der Waals surface area contributed by atoms with Gasteiger partial charge in [-0.25, -0.2) is 0 Å². The van der Waals surface area contributed by atoms with E-state index in [2.05, 4.69) is 10.3 Å². The van der Waals surface area contributed by atoms with Crippen molar-refractivity contribution in [3.8, 4) is 0 Å². The smallest absolute Gasteiger partial charge is 0.307 e. The van der Waals surface area contributed by atoms with E-state index in [4.69, 9.17) is 4.74 Å². The fraction of sp³-hybridized carbons (Fsp3) is 0.150. The molecule has 6 heteroatoms. The van der Waals surface area contributed by atoms with Crippen LogP contribution >= 0.6 is 11.3 Å². The number of fused-ring (bicyclic) bond motifs is 1. The minimum Gasteiger partial charge on any atom is -0.469 e. The van der Waals surface area contributed by atoms with Gasteiger partial charge in [-0.3, -0.25) is 14.6 Å². The van der Waals surface area contributed by atoms with Gasteiger partial charge in [-0.2, -0.15) is 0 Å². The van der Waals surface area contributed by atoms with Crippen LogP contribution in [0.5, 0.6) is 0 Å². The average Bonchev–Trinajstić information content (AvgIpc) is 3.20. The molecule has 1 N–H and O–H groups in total. The van der Waals surface area contributed by atoms with E-state index in [0.29, 0.717) is 0 Å². The topological polar surface area (TPSA) is 68.3 Å². The number of pyridine rings is 1. The Hall–Kier alpha value is -2.99. The highest BCUT2D eigenvalue weighted by atomic mass is 32.1. The molecule has 0 saturated heterocycles. The van der Waals surface area contributed by atoms with Crippen LogP contribution in [-0.2, 0) is 14.3 Å². The number of nitrogens with one attached hydrogen (secondary N) is 1. The summed E-state index contributed by atoms with van der Waals surface area (Å²) in [6, 6.07) is 13.0. The first kappa shape index (κ1) is 17.8. The van der Waals surface area contributed by atoms with Gasteiger partial charge in [0, 0.05) is 28.1 Å². The predicted molar refractivity (Wildman–Crippen MR) is 103 cm³/mol. The van der Waals surface area contributed by atoms with Crippen molar-refractivity contribution in [3.05, 3.63) is 70.6 Å². The second-order valence-corrected chi connectivity index (χ2v) is 6.59. The van der Waals surface area contributed by atoms with Crippen LogP contribution in [0.1, 0.15) is 22.9 Å². The molecule has 0 fully saturated rings. The molecule has 1 aromatic carbocycles. The highest BCUT2D eigenvalue weighted by molar-refractivity contribution is 7.10. The summed E-state index contributed by atoms with van der Waals surface area (Å²) in [5, 5.41) is 5.78. The van der Waals surface area contributed by atoms with E-state index in [1.54, 1.807) is 12.3 Å². The van der Waals surface area contributed by atoms with Crippen molar-refractivity contribution in [1.29, 1.82) is 0 Å². The van der Waals surface area contributed by atoms with Crippen LogP contribution in [0, 0.1) is 0 Å². The molecule has 0 saturated carbocycles. The molecule has 3 aromatic rings. The van der Waals surface area contributed by atoms with Crippen molar-refractivity contribution in [1.82, 2.24) is 10.3 Å². The second-order valence-electron chi connectivity index (χ2n) is 5.61. The SMILES string of the molecule is COC(=O)CC(NC(=O)/C=C/c1cccc2cccnc12)c1cccs1. The average molecular weight is 366 g/mol. The monoisotopic (exact) mass is 366 g/mol. The zero-order chi connectivity index (χ0) is 18.4. The summed E-state index contributed by atoms with van der Waals surface area (Å²) in [6.45, 7) is 0. The van der Waals surface area contributed by atoms with Gasteiger partial charge >= 0.3 is 5.97 Å². The maximum absolute atomic E-state index is 12.4. The molecule has 0 bridgehead atoms. The third-order valence-electron chi connectivity index (χ3n) is 3.88. The fourth-order valence-corrected chi connectivity index (χ4v) is 3.39. The van der Waals surface area contributed by atoms with Gasteiger partial charge in [0.1, 0.15) is 0 Å². The molecule has 1 amide bonds. The Balaban J connectivity index is 1.75. The lowest BCUT2D eigenvalue weighted by molar-refractivity contribution is -0.141. The van der Waals surface area contributed by atoms with E-state index in [1.165, 1.54) is 24.5 Å². The van der Waals surface area contributed by atoms with Crippen LogP contribution in [0.2, 0.25) is 0 Å². The van der Waals surface area contributed by atoms with Crippen LogP contribution in [0.3, 0.4) is 0 Å². The number of benzene rings is 1. The molecular weight excluding hydrogens is 348 g/mol. The predicted octanol–water partition coefficient (Wildman–Crippen LogP) is 3.73. The number of carbonyl (C=O) groups is 2. The van der Waals surface area contributed by atoms with Crippen LogP contribution < -0.4 is 5.32 Å². The zero-order valence-electron chi connectivity index (χ0n) is 14.2. The van der Waals surface area contributed by atoms with Crippen LogP contribution in [0.15, 0.2) is 60.1 Å². The van der Waals surface area contributed by atoms with Crippen molar-refractivity contribution in [3.63, 3.8) is 0 Å². The first-order chi connectivity index (χ1) is 12.7. The first-order valence-corrected chi connectivity index (χ1v) is 8.98. The van der Waals surface area contributed by atoms with Gasteiger partial charge in [0.25, 0.3) is 0 Å². The van der Waals surface area contributed by atoms with E-state index < -0.39 is 6.04 Å². The normalized spacial score (nSPS) is 12.2. The molecule has 0 radical (unpaired) electrons. The number of para-hydroxylation sites is 1. The van der Waals surface area contributed by atoms with Crippen molar-refractivity contribution in [2.45, 2.75) is 12.5 Å². The van der Waals surface area contributed by atoms with E-state index in [1.807, 2.05) is 47.8 Å². The lowest BCUT2D eigenvalue weighted by Crippen LogP contribution is -2.28. The zero-order valence-corrected chi connectivity index (χ0v) is 15.0. The fourth-order valence-electron chi connectivity index (χ4n) is 2.61. The Bertz CT molecular complexity index is 930.